The Morgan fingerprint density at radius 1 is 0.877 bits per heavy atom. The van der Waals surface area contributed by atoms with Gasteiger partial charge in [0.05, 0.1) is 44.1 Å². The van der Waals surface area contributed by atoms with Crippen molar-refractivity contribution in [2.24, 2.45) is 27.9 Å². The van der Waals surface area contributed by atoms with E-state index in [-0.39, 0.29) is 44.4 Å². The number of aldehydes is 2. The molecule has 0 aliphatic rings. The van der Waals surface area contributed by atoms with Gasteiger partial charge in [-0.05, 0) is 52.4 Å². The zero-order valence-electron chi connectivity index (χ0n) is 32.7. The second kappa shape index (κ2) is 36.9. The Kier molecular flexibility index (Phi) is 37.4. The number of hydrogen-bond donors (Lipinski definition) is 12. The molecule has 22 nitrogen and oxygen atoms in total. The van der Waals surface area contributed by atoms with Gasteiger partial charge in [-0.2, -0.15) is 0 Å². The average Bonchev–Trinajstić information content (AvgIpc) is 3.13. The third-order valence-corrected chi connectivity index (χ3v) is 6.74. The van der Waals surface area contributed by atoms with Gasteiger partial charge in [0.25, 0.3) is 6.47 Å². The van der Waals surface area contributed by atoms with Crippen LogP contribution in [0.4, 0.5) is 0 Å². The maximum atomic E-state index is 11.8. The molecule has 0 aromatic rings. The first-order chi connectivity index (χ1) is 26.7. The predicted octanol–water partition coefficient (Wildman–Crippen LogP) is -2.43. The summed E-state index contributed by atoms with van der Waals surface area (Å²) in [7, 11) is 0. The molecule has 0 saturated heterocycles. The van der Waals surface area contributed by atoms with E-state index in [0.717, 1.165) is 0 Å². The van der Waals surface area contributed by atoms with Crippen molar-refractivity contribution < 1.29 is 63.6 Å². The molecule has 0 bridgehead atoms. The molecule has 0 fully saturated rings. The number of allylic oxidation sites excluding steroid dienone is 5. The molecule has 0 spiro atoms. The van der Waals surface area contributed by atoms with Crippen LogP contribution in [0.25, 0.3) is 0 Å². The molecule has 0 aromatic carbocycles. The Labute approximate surface area is 331 Å². The molecule has 0 heterocycles. The van der Waals surface area contributed by atoms with Crippen molar-refractivity contribution in [1.82, 2.24) is 21.3 Å². The number of carbonyl (C=O) groups is 9. The predicted molar refractivity (Wildman–Crippen MR) is 210 cm³/mol. The number of aliphatic hydroxyl groups is 1. The number of guanidine groups is 1. The summed E-state index contributed by atoms with van der Waals surface area (Å²) in [5.74, 6) is -5.58. The van der Waals surface area contributed by atoms with E-state index in [1.165, 1.54) is 5.57 Å². The van der Waals surface area contributed by atoms with E-state index >= 15 is 0 Å². The first-order valence-corrected chi connectivity index (χ1v) is 17.5. The molecule has 0 aromatic heterocycles. The van der Waals surface area contributed by atoms with Gasteiger partial charge < -0.3 is 74.2 Å². The van der Waals surface area contributed by atoms with Crippen LogP contribution in [-0.4, -0.2) is 131 Å². The van der Waals surface area contributed by atoms with Gasteiger partial charge in [0.2, 0.25) is 23.6 Å². The number of carboxylic acids is 2. The summed E-state index contributed by atoms with van der Waals surface area (Å²) >= 11 is 0. The Balaban J connectivity index is -0.000000442. The van der Waals surface area contributed by atoms with Crippen molar-refractivity contribution in [3.05, 3.63) is 36.5 Å². The highest BCUT2D eigenvalue weighted by Crippen LogP contribution is 2.16. The minimum absolute atomic E-state index is 0.0135. The molecular formula is C35H61N9O13. The number of aliphatic imine (C=N–C) groups is 1. The summed E-state index contributed by atoms with van der Waals surface area (Å²) in [6, 6.07) is -2.15. The van der Waals surface area contributed by atoms with E-state index in [1.54, 1.807) is 13.0 Å². The Morgan fingerprint density at radius 2 is 1.47 bits per heavy atom. The summed E-state index contributed by atoms with van der Waals surface area (Å²) in [4.78, 5) is 101. The number of nitrogens with one attached hydrogen (secondary N) is 4. The van der Waals surface area contributed by atoms with Crippen LogP contribution in [0.2, 0.25) is 0 Å². The summed E-state index contributed by atoms with van der Waals surface area (Å²) in [5, 5.41) is 43.8. The Morgan fingerprint density at radius 3 is 1.95 bits per heavy atom. The van der Waals surface area contributed by atoms with Gasteiger partial charge in [-0.15, -0.1) is 0 Å². The minimum atomic E-state index is -2.71. The lowest BCUT2D eigenvalue weighted by Crippen LogP contribution is -2.46. The summed E-state index contributed by atoms with van der Waals surface area (Å²) < 4.78 is 0. The average molecular weight is 816 g/mol. The van der Waals surface area contributed by atoms with Crippen LogP contribution in [-0.2, 0) is 43.2 Å². The zero-order valence-corrected chi connectivity index (χ0v) is 32.7. The molecule has 0 saturated carbocycles. The number of carboxylic acid groups (broad SMARTS) is 3. The maximum Gasteiger partial charge on any atom is 0.336 e. The molecule has 0 aliphatic carbocycles. The van der Waals surface area contributed by atoms with Gasteiger partial charge in [-0.3, -0.25) is 33.8 Å². The van der Waals surface area contributed by atoms with Gasteiger partial charge in [0, 0.05) is 13.1 Å². The lowest BCUT2D eigenvalue weighted by atomic mass is 9.95. The van der Waals surface area contributed by atoms with Gasteiger partial charge in [-0.1, -0.05) is 43.4 Å². The lowest BCUT2D eigenvalue weighted by molar-refractivity contribution is -0.167. The largest absolute Gasteiger partial charge is 0.483 e. The highest BCUT2D eigenvalue weighted by atomic mass is 16.4. The van der Waals surface area contributed by atoms with Gasteiger partial charge in [0.15, 0.2) is 11.6 Å². The summed E-state index contributed by atoms with van der Waals surface area (Å²) in [6.07, 6.45) is 9.45. The second-order valence-electron chi connectivity index (χ2n) is 11.7. The standard InChI is InChI=1S/C18H30N4O9.C8H17N5O2.C8H12.CH2O2/c1-2-12(19)16(28)21-9-14(25)22-11(10-23)5-3-4-6-20-13(24)7-18(31,17(29)30)8-15(26)27;9-6(7(15)12-4-5-14)2-1-3-13-8(10)11;1-4-6-8(3)7-5-2;2-1-3/h10-12,31H,2-9,19H2,1H3,(H,20,24)(H,21,28)(H,22,25)(H,26,27)(H,29,30);5-6H,1-4,9H2,(H,12,15)(H4,10,11,13);4-7H,1H2,2-3H3;1H,(H,2,3)/b;;7-5-,8-6-;. The fourth-order valence-corrected chi connectivity index (χ4v) is 3.85. The van der Waals surface area contributed by atoms with Crippen molar-refractivity contribution in [3.8, 4) is 0 Å². The Bertz CT molecular complexity index is 1350. The van der Waals surface area contributed by atoms with Crippen LogP contribution < -0.4 is 44.2 Å². The van der Waals surface area contributed by atoms with E-state index in [0.29, 0.717) is 51.2 Å². The molecule has 4 unspecified atom stereocenters. The Hall–Kier alpha value is -6.00. The van der Waals surface area contributed by atoms with E-state index in [4.69, 9.17) is 43.0 Å². The normalized spacial score (nSPS) is 12.8. The molecule has 4 amide bonds. The third kappa shape index (κ3) is 36.7. The molecule has 324 valence electrons. The molecule has 0 aliphatic heterocycles. The fraction of sp³-hybridized carbons (Fsp3) is 0.543. The van der Waals surface area contributed by atoms with Crippen LogP contribution in [0.15, 0.2) is 41.4 Å². The maximum absolute atomic E-state index is 11.8. The number of carbonyl (C=O) groups excluding carboxylic acids is 6. The molecule has 0 rings (SSSR count). The van der Waals surface area contributed by atoms with Crippen molar-refractivity contribution in [2.75, 3.05) is 26.2 Å². The topological polar surface area (TPSA) is 399 Å². The molecule has 22 heteroatoms. The van der Waals surface area contributed by atoms with Crippen LogP contribution >= 0.6 is 0 Å². The number of rotatable bonds is 25. The van der Waals surface area contributed by atoms with E-state index in [1.807, 2.05) is 32.1 Å². The van der Waals surface area contributed by atoms with Crippen molar-refractivity contribution in [3.63, 3.8) is 0 Å². The lowest BCUT2D eigenvalue weighted by Gasteiger charge is -2.20. The third-order valence-electron chi connectivity index (χ3n) is 6.74. The number of nitrogens with zero attached hydrogens (tertiary/aromatic N) is 1. The molecule has 4 atom stereocenters. The monoisotopic (exact) mass is 815 g/mol. The SMILES string of the molecule is C=C/C=C(C)\C=C/C.CCC(N)C(=O)NCC(=O)NC(C=O)CCCCNC(=O)CC(O)(CC(=O)O)C(=O)O.NC(N)=NCCCC(N)C(=O)NCC=O.O=CO. The zero-order chi connectivity index (χ0) is 44.8. The highest BCUT2D eigenvalue weighted by molar-refractivity contribution is 5.90. The van der Waals surface area contributed by atoms with Gasteiger partial charge in [0.1, 0.15) is 12.6 Å². The van der Waals surface area contributed by atoms with Crippen LogP contribution in [0, 0.1) is 0 Å². The summed E-state index contributed by atoms with van der Waals surface area (Å²) in [5.41, 5.74) is 19.8. The molecular weight excluding hydrogens is 754 g/mol. The van der Waals surface area contributed by atoms with E-state index in [9.17, 15) is 43.5 Å². The van der Waals surface area contributed by atoms with Crippen molar-refractivity contribution in [2.45, 2.75) is 95.9 Å². The first-order valence-electron chi connectivity index (χ1n) is 17.5. The number of hydrogen-bond acceptors (Lipinski definition) is 13. The van der Waals surface area contributed by atoms with Crippen LogP contribution in [0.5, 0.6) is 0 Å². The summed E-state index contributed by atoms with van der Waals surface area (Å²) in [6.45, 7) is 9.28. The minimum Gasteiger partial charge on any atom is -0.483 e. The highest BCUT2D eigenvalue weighted by Gasteiger charge is 2.40. The van der Waals surface area contributed by atoms with Crippen LogP contribution in [0.3, 0.4) is 0 Å². The van der Waals surface area contributed by atoms with Crippen molar-refractivity contribution >= 4 is 60.6 Å². The number of nitrogens with two attached hydrogens (primary N) is 4. The first kappa shape index (κ1) is 57.7. The number of unbranched alkanes of at least 4 members (excludes halogenated alkanes) is 1. The number of amides is 4. The second-order valence-corrected chi connectivity index (χ2v) is 11.7. The van der Waals surface area contributed by atoms with Gasteiger partial charge in [-0.25, -0.2) is 4.79 Å². The van der Waals surface area contributed by atoms with Gasteiger partial charge >= 0.3 is 11.9 Å². The van der Waals surface area contributed by atoms with Crippen molar-refractivity contribution in [1.29, 1.82) is 0 Å². The van der Waals surface area contributed by atoms with E-state index < -0.39 is 66.2 Å². The van der Waals surface area contributed by atoms with E-state index in [2.05, 4.69) is 32.8 Å². The van der Waals surface area contributed by atoms with Crippen LogP contribution in [0.1, 0.15) is 72.1 Å². The molecule has 0 radical (unpaired) electrons. The fourth-order valence-electron chi connectivity index (χ4n) is 3.85. The molecule has 16 N–H and O–H groups in total. The smallest absolute Gasteiger partial charge is 0.336 e. The molecule has 57 heavy (non-hydrogen) atoms. The number of aliphatic carboxylic acids is 2. The quantitative estimate of drug-likeness (QED) is 0.0150.